The Labute approximate surface area is 154 Å². The number of rotatable bonds is 0. The number of hydrogen-bond donors (Lipinski definition) is 2. The number of anilines is 1. The van der Waals surface area contributed by atoms with E-state index in [0.29, 0.717) is 41.2 Å². The Morgan fingerprint density at radius 1 is 1.35 bits per heavy atom. The van der Waals surface area contributed by atoms with Crippen molar-refractivity contribution in [2.45, 2.75) is 24.5 Å². The maximum atomic E-state index is 14.1. The number of nitrogens with zero attached hydrogens (tertiary/aromatic N) is 2. The van der Waals surface area contributed by atoms with Crippen molar-refractivity contribution in [3.63, 3.8) is 0 Å². The molecule has 1 unspecified atom stereocenters. The molecule has 1 fully saturated rings. The molecule has 0 bridgehead atoms. The number of fused-ring (bicyclic) bond motifs is 4. The van der Waals surface area contributed by atoms with Crippen molar-refractivity contribution in [3.8, 4) is 0 Å². The zero-order chi connectivity index (χ0) is 18.1. The van der Waals surface area contributed by atoms with Crippen LogP contribution in [0.4, 0.5) is 10.1 Å². The van der Waals surface area contributed by atoms with Crippen LogP contribution in [0, 0.1) is 5.82 Å². The number of amidine groups is 1. The average Bonchev–Trinajstić information content (AvgIpc) is 2.86. The van der Waals surface area contributed by atoms with E-state index < -0.39 is 11.5 Å². The lowest BCUT2D eigenvalue weighted by Crippen LogP contribution is -2.51. The first kappa shape index (κ1) is 15.6. The Kier molecular flexibility index (Phi) is 3.13. The summed E-state index contributed by atoms with van der Waals surface area (Å²) in [5.74, 6) is -0.173. The Morgan fingerprint density at radius 3 is 3.04 bits per heavy atom. The number of benzene rings is 2. The fourth-order valence-electron chi connectivity index (χ4n) is 4.34. The van der Waals surface area contributed by atoms with E-state index in [1.54, 1.807) is 24.3 Å². The van der Waals surface area contributed by atoms with E-state index in [1.165, 1.54) is 6.07 Å². The zero-order valence-corrected chi connectivity index (χ0v) is 14.6. The molecule has 3 heterocycles. The zero-order valence-electron chi connectivity index (χ0n) is 13.8. The number of nitrogens with one attached hydrogen (secondary N) is 1. The molecular weight excluding hydrogens is 355 g/mol. The average molecular weight is 371 g/mol. The van der Waals surface area contributed by atoms with E-state index in [2.05, 4.69) is 10.3 Å². The molecular formula is C19H16ClFN4O. The predicted molar refractivity (Wildman–Crippen MR) is 97.9 cm³/mol. The second-order valence-corrected chi connectivity index (χ2v) is 7.45. The third-order valence-corrected chi connectivity index (χ3v) is 5.74. The third kappa shape index (κ3) is 2.08. The summed E-state index contributed by atoms with van der Waals surface area (Å²) in [6, 6.07) is 10.1. The van der Waals surface area contributed by atoms with Gasteiger partial charge in [0.15, 0.2) is 0 Å². The predicted octanol–water partition coefficient (Wildman–Crippen LogP) is 3.30. The first-order chi connectivity index (χ1) is 12.5. The molecule has 0 aliphatic carbocycles. The molecule has 3 aliphatic heterocycles. The lowest BCUT2D eigenvalue weighted by molar-refractivity contribution is 0.0606. The van der Waals surface area contributed by atoms with Crippen LogP contribution in [0.3, 0.4) is 0 Å². The summed E-state index contributed by atoms with van der Waals surface area (Å²) in [5.41, 5.74) is 8.01. The van der Waals surface area contributed by atoms with Gasteiger partial charge in [-0.05, 0) is 35.9 Å². The van der Waals surface area contributed by atoms with Crippen molar-refractivity contribution in [2.75, 3.05) is 11.9 Å². The van der Waals surface area contributed by atoms with Crippen LogP contribution in [0.2, 0.25) is 5.02 Å². The van der Waals surface area contributed by atoms with Crippen LogP contribution in [0.5, 0.6) is 0 Å². The van der Waals surface area contributed by atoms with Crippen molar-refractivity contribution in [1.29, 1.82) is 0 Å². The third-order valence-electron chi connectivity index (χ3n) is 5.51. The molecule has 3 N–H and O–H groups in total. The van der Waals surface area contributed by atoms with Crippen molar-refractivity contribution in [1.82, 2.24) is 4.90 Å². The van der Waals surface area contributed by atoms with Crippen LogP contribution in [0.15, 0.2) is 41.4 Å². The largest absolute Gasteiger partial charge is 0.383 e. The molecule has 2 atom stereocenters. The molecule has 1 spiro atoms. The molecule has 0 saturated carbocycles. The van der Waals surface area contributed by atoms with Crippen molar-refractivity contribution in [2.24, 2.45) is 10.7 Å². The van der Waals surface area contributed by atoms with Crippen LogP contribution in [-0.4, -0.2) is 28.9 Å². The van der Waals surface area contributed by atoms with Gasteiger partial charge in [-0.3, -0.25) is 4.79 Å². The number of aliphatic imine (C=N–C) groups is 1. The highest BCUT2D eigenvalue weighted by Gasteiger charge is 2.48. The number of halogens is 2. The second-order valence-electron chi connectivity index (χ2n) is 7.02. The Hall–Kier alpha value is -2.60. The number of hydrogen-bond acceptors (Lipinski definition) is 4. The van der Waals surface area contributed by atoms with Crippen LogP contribution >= 0.6 is 11.6 Å². The molecule has 26 heavy (non-hydrogen) atoms. The second kappa shape index (κ2) is 5.20. The lowest BCUT2D eigenvalue weighted by atomic mass is 9.87. The van der Waals surface area contributed by atoms with Gasteiger partial charge in [-0.25, -0.2) is 9.38 Å². The van der Waals surface area contributed by atoms with Gasteiger partial charge in [0.05, 0.1) is 11.6 Å². The van der Waals surface area contributed by atoms with Gasteiger partial charge in [0, 0.05) is 35.7 Å². The number of nitrogens with two attached hydrogens (primary N) is 1. The summed E-state index contributed by atoms with van der Waals surface area (Å²) in [6.45, 7) is 0.546. The molecule has 2 aromatic carbocycles. The molecule has 1 amide bonds. The van der Waals surface area contributed by atoms with E-state index in [0.717, 1.165) is 5.56 Å². The van der Waals surface area contributed by atoms with E-state index in [-0.39, 0.29) is 17.8 Å². The van der Waals surface area contributed by atoms with Gasteiger partial charge in [0.1, 0.15) is 17.3 Å². The fraction of sp³-hybridized carbons (Fsp3) is 0.263. The number of amides is 1. The summed E-state index contributed by atoms with van der Waals surface area (Å²) in [5, 5.41) is 3.98. The van der Waals surface area contributed by atoms with Crippen molar-refractivity contribution >= 4 is 29.0 Å². The maximum Gasteiger partial charge on any atom is 0.254 e. The highest BCUT2D eigenvalue weighted by Crippen LogP contribution is 2.47. The van der Waals surface area contributed by atoms with Crippen molar-refractivity contribution in [3.05, 3.63) is 63.9 Å². The summed E-state index contributed by atoms with van der Waals surface area (Å²) in [4.78, 5) is 19.2. The minimum Gasteiger partial charge on any atom is -0.383 e. The Morgan fingerprint density at radius 2 is 2.19 bits per heavy atom. The normalized spacial score (nSPS) is 26.1. The van der Waals surface area contributed by atoms with Crippen LogP contribution in [-0.2, 0) is 0 Å². The van der Waals surface area contributed by atoms with Gasteiger partial charge in [0.2, 0.25) is 0 Å². The number of piperidine rings is 1. The molecule has 0 radical (unpaired) electrons. The summed E-state index contributed by atoms with van der Waals surface area (Å²) < 4.78 is 14.1. The molecule has 5 rings (SSSR count). The highest BCUT2D eigenvalue weighted by molar-refractivity contribution is 6.30. The van der Waals surface area contributed by atoms with Crippen LogP contribution < -0.4 is 11.1 Å². The van der Waals surface area contributed by atoms with Gasteiger partial charge in [-0.1, -0.05) is 17.7 Å². The van der Waals surface area contributed by atoms with Crippen molar-refractivity contribution < 1.29 is 9.18 Å². The van der Waals surface area contributed by atoms with Gasteiger partial charge in [0.25, 0.3) is 5.91 Å². The Bertz CT molecular complexity index is 991. The number of carbonyl (C=O) groups is 1. The molecule has 2 aromatic rings. The first-order valence-electron chi connectivity index (χ1n) is 8.50. The molecule has 132 valence electrons. The summed E-state index contributed by atoms with van der Waals surface area (Å²) in [7, 11) is 0. The standard InChI is InChI=1S/C19H16ClFN4O/c20-10-4-5-11-12(8-10)15-9-19(6-7-25(15)18(11)26)23-14-3-1-2-13(21)16(14)17(22)24-19/h1-5,8,15,23H,6-7,9H2,(H2,22,24)/t15?,19-/m1/s1. The van der Waals surface area contributed by atoms with E-state index >= 15 is 0 Å². The topological polar surface area (TPSA) is 70.7 Å². The molecule has 5 nitrogen and oxygen atoms in total. The quantitative estimate of drug-likeness (QED) is 0.747. The molecule has 1 saturated heterocycles. The smallest absolute Gasteiger partial charge is 0.254 e. The minimum atomic E-state index is -0.656. The van der Waals surface area contributed by atoms with E-state index in [4.69, 9.17) is 17.3 Å². The summed E-state index contributed by atoms with van der Waals surface area (Å²) in [6.07, 6.45) is 1.16. The van der Waals surface area contributed by atoms with Gasteiger partial charge < -0.3 is 16.0 Å². The summed E-state index contributed by atoms with van der Waals surface area (Å²) >= 11 is 6.15. The van der Waals surface area contributed by atoms with Gasteiger partial charge >= 0.3 is 0 Å². The number of carbonyl (C=O) groups excluding carboxylic acids is 1. The molecule has 7 heteroatoms. The minimum absolute atomic E-state index is 0.0238. The van der Waals surface area contributed by atoms with Gasteiger partial charge in [-0.2, -0.15) is 0 Å². The van der Waals surface area contributed by atoms with E-state index in [1.807, 2.05) is 11.0 Å². The highest BCUT2D eigenvalue weighted by atomic mass is 35.5. The SMILES string of the molecule is NC1=N[C@@]2(CCN3C(=O)c4ccc(Cl)cc4C3C2)Nc2cccc(F)c21. The van der Waals surface area contributed by atoms with Crippen LogP contribution in [0.25, 0.3) is 0 Å². The Balaban J connectivity index is 1.57. The van der Waals surface area contributed by atoms with Crippen LogP contribution in [0.1, 0.15) is 40.4 Å². The maximum absolute atomic E-state index is 14.1. The molecule has 3 aliphatic rings. The fourth-order valence-corrected chi connectivity index (χ4v) is 4.52. The molecule has 0 aromatic heterocycles. The van der Waals surface area contributed by atoms with Gasteiger partial charge in [-0.15, -0.1) is 0 Å². The lowest BCUT2D eigenvalue weighted by Gasteiger charge is -2.44. The first-order valence-corrected chi connectivity index (χ1v) is 8.88. The monoisotopic (exact) mass is 370 g/mol. The van der Waals surface area contributed by atoms with E-state index in [9.17, 15) is 9.18 Å².